The molecule has 0 saturated heterocycles. The molecule has 8 atom stereocenters. The second-order valence-electron chi connectivity index (χ2n) is 12.0. The van der Waals surface area contributed by atoms with Crippen molar-refractivity contribution in [2.24, 2.45) is 46.3 Å². The molecule has 0 N–H and O–H groups in total. The van der Waals surface area contributed by atoms with Crippen molar-refractivity contribution in [1.82, 2.24) is 0 Å². The van der Waals surface area contributed by atoms with Crippen LogP contribution in [0.3, 0.4) is 0 Å². The van der Waals surface area contributed by atoms with Gasteiger partial charge >= 0.3 is 0 Å². The lowest BCUT2D eigenvalue weighted by Gasteiger charge is -2.56. The third-order valence-corrected chi connectivity index (χ3v) is 10.5. The molecule has 4 saturated carbocycles. The zero-order chi connectivity index (χ0) is 29.2. The van der Waals surface area contributed by atoms with Gasteiger partial charge in [-0.05, 0) is 124 Å². The SMILES string of the molecule is C=C(C)C1CCC2C3CCC4CC[C@@](C)(CC)CCC4C3CCC12CC.CC.CC.CC.CC.CCC. The van der Waals surface area contributed by atoms with Gasteiger partial charge in [0.15, 0.2) is 0 Å². The average Bonchev–Trinajstić information content (AvgIpc) is 3.27. The molecule has 0 nitrogen and oxygen atoms in total. The molecule has 4 aliphatic carbocycles. The zero-order valence-electron chi connectivity index (χ0n) is 28.9. The molecule has 4 rings (SSSR count). The summed E-state index contributed by atoms with van der Waals surface area (Å²) in [4.78, 5) is 0. The summed E-state index contributed by atoms with van der Waals surface area (Å²) in [6.45, 7) is 34.5. The fourth-order valence-corrected chi connectivity index (χ4v) is 8.80. The van der Waals surface area contributed by atoms with Crippen molar-refractivity contribution in [3.05, 3.63) is 12.2 Å². The van der Waals surface area contributed by atoms with Crippen LogP contribution in [-0.4, -0.2) is 0 Å². The number of fused-ring (bicyclic) bond motifs is 5. The highest BCUT2D eigenvalue weighted by molar-refractivity contribution is 5.14. The normalized spacial score (nSPS) is 37.0. The first-order chi connectivity index (χ1) is 17.9. The zero-order valence-corrected chi connectivity index (χ0v) is 28.9. The van der Waals surface area contributed by atoms with E-state index in [4.69, 9.17) is 0 Å². The molecule has 37 heavy (non-hydrogen) atoms. The molecule has 7 unspecified atom stereocenters. The molecule has 4 aliphatic rings. The predicted molar refractivity (Wildman–Crippen MR) is 174 cm³/mol. The Morgan fingerprint density at radius 1 is 0.622 bits per heavy atom. The van der Waals surface area contributed by atoms with E-state index in [9.17, 15) is 0 Å². The minimum Gasteiger partial charge on any atom is -0.0998 e. The molecular formula is C37H76. The predicted octanol–water partition coefficient (Wildman–Crippen LogP) is 13.5. The average molecular weight is 521 g/mol. The summed E-state index contributed by atoms with van der Waals surface area (Å²) in [7, 11) is 0. The third-order valence-electron chi connectivity index (χ3n) is 10.5. The first kappa shape index (κ1) is 38.9. The molecule has 0 spiro atoms. The highest BCUT2D eigenvalue weighted by Crippen LogP contribution is 2.66. The summed E-state index contributed by atoms with van der Waals surface area (Å²) in [6, 6.07) is 0. The third kappa shape index (κ3) is 9.41. The van der Waals surface area contributed by atoms with E-state index in [0.29, 0.717) is 10.8 Å². The van der Waals surface area contributed by atoms with Crippen molar-refractivity contribution in [3.8, 4) is 0 Å². The number of hydrogen-bond donors (Lipinski definition) is 0. The van der Waals surface area contributed by atoms with E-state index >= 15 is 0 Å². The second-order valence-corrected chi connectivity index (χ2v) is 12.0. The van der Waals surface area contributed by atoms with Crippen molar-refractivity contribution in [2.45, 2.75) is 180 Å². The highest BCUT2D eigenvalue weighted by atomic mass is 14.6. The minimum atomic E-state index is 0.627. The molecule has 0 aromatic heterocycles. The maximum atomic E-state index is 4.43. The maximum absolute atomic E-state index is 4.43. The van der Waals surface area contributed by atoms with Gasteiger partial charge in [-0.3, -0.25) is 0 Å². The summed E-state index contributed by atoms with van der Waals surface area (Å²) in [5.74, 6) is 6.11. The molecule has 0 amide bonds. The molecule has 4 fully saturated rings. The summed E-state index contributed by atoms with van der Waals surface area (Å²) in [5, 5.41) is 0. The van der Waals surface area contributed by atoms with E-state index in [1.165, 1.54) is 63.4 Å². The van der Waals surface area contributed by atoms with Crippen LogP contribution in [0.4, 0.5) is 0 Å². The number of allylic oxidation sites excluding steroid dienone is 1. The van der Waals surface area contributed by atoms with Crippen molar-refractivity contribution in [2.75, 3.05) is 0 Å². The summed E-state index contributed by atoms with van der Waals surface area (Å²) >= 11 is 0. The number of rotatable bonds is 3. The van der Waals surface area contributed by atoms with Crippen LogP contribution >= 0.6 is 0 Å². The molecule has 0 heteroatoms. The summed E-state index contributed by atoms with van der Waals surface area (Å²) < 4.78 is 0. The Bertz CT molecular complexity index is 546. The monoisotopic (exact) mass is 521 g/mol. The Kier molecular flexibility index (Phi) is 21.7. The maximum Gasteiger partial charge on any atom is -0.0149 e. The van der Waals surface area contributed by atoms with Crippen LogP contribution in [0, 0.1) is 46.3 Å². The lowest BCUT2D eigenvalue weighted by Crippen LogP contribution is -2.48. The first-order valence-electron chi connectivity index (χ1n) is 17.5. The van der Waals surface area contributed by atoms with Crippen molar-refractivity contribution < 1.29 is 0 Å². The van der Waals surface area contributed by atoms with E-state index in [0.717, 1.165) is 35.5 Å². The van der Waals surface area contributed by atoms with Gasteiger partial charge in [-0.2, -0.15) is 0 Å². The van der Waals surface area contributed by atoms with Crippen LogP contribution in [0.25, 0.3) is 0 Å². The first-order valence-corrected chi connectivity index (χ1v) is 17.5. The molecule has 0 aliphatic heterocycles. The summed E-state index contributed by atoms with van der Waals surface area (Å²) in [5.41, 5.74) is 2.77. The van der Waals surface area contributed by atoms with Crippen LogP contribution in [-0.2, 0) is 0 Å². The van der Waals surface area contributed by atoms with E-state index in [2.05, 4.69) is 48.1 Å². The smallest absolute Gasteiger partial charge is 0.0149 e. The van der Waals surface area contributed by atoms with Gasteiger partial charge in [0.2, 0.25) is 0 Å². The van der Waals surface area contributed by atoms with E-state index in [1.807, 2.05) is 55.4 Å². The Balaban J connectivity index is 0. The van der Waals surface area contributed by atoms with Gasteiger partial charge in [0.25, 0.3) is 0 Å². The lowest BCUT2D eigenvalue weighted by atomic mass is 9.49. The Morgan fingerprint density at radius 2 is 1.14 bits per heavy atom. The molecule has 0 heterocycles. The lowest BCUT2D eigenvalue weighted by molar-refractivity contribution is -0.0591. The molecule has 0 aromatic rings. The van der Waals surface area contributed by atoms with Gasteiger partial charge in [0.05, 0.1) is 0 Å². The standard InChI is InChI=1S/C26H44.C3H8.4C2H6/c1-6-25(5)15-12-19-8-9-22-21(20(19)13-16-25)14-17-26(7-2)23(18(3)4)10-11-24(22)26;1-3-2;4*1-2/h19-24H,3,6-17H2,1-2,4-5H3;3H2,1-2H3;4*1-2H3/t19?,20?,21?,22?,23?,24?,25-,26?;;;;;/m1...../s1. The highest BCUT2D eigenvalue weighted by Gasteiger charge is 2.58. The van der Waals surface area contributed by atoms with Gasteiger partial charge in [-0.15, -0.1) is 0 Å². The molecule has 0 bridgehead atoms. The Hall–Kier alpha value is -0.260. The van der Waals surface area contributed by atoms with Crippen LogP contribution in [0.2, 0.25) is 0 Å². The molecule has 0 aromatic carbocycles. The van der Waals surface area contributed by atoms with Gasteiger partial charge in [-0.1, -0.05) is 115 Å². The van der Waals surface area contributed by atoms with Gasteiger partial charge in [0.1, 0.15) is 0 Å². The fraction of sp³-hybridized carbons (Fsp3) is 0.946. The van der Waals surface area contributed by atoms with E-state index in [1.54, 1.807) is 25.7 Å². The Labute approximate surface area is 238 Å². The van der Waals surface area contributed by atoms with Crippen molar-refractivity contribution in [1.29, 1.82) is 0 Å². The van der Waals surface area contributed by atoms with Crippen LogP contribution < -0.4 is 0 Å². The second kappa shape index (κ2) is 20.6. The van der Waals surface area contributed by atoms with Gasteiger partial charge < -0.3 is 0 Å². The topological polar surface area (TPSA) is 0 Å². The van der Waals surface area contributed by atoms with Crippen LogP contribution in [0.15, 0.2) is 12.2 Å². The van der Waals surface area contributed by atoms with Crippen molar-refractivity contribution >= 4 is 0 Å². The number of hydrogen-bond acceptors (Lipinski definition) is 0. The van der Waals surface area contributed by atoms with Gasteiger partial charge in [0, 0.05) is 0 Å². The molecule has 224 valence electrons. The largest absolute Gasteiger partial charge is 0.0998 e. The van der Waals surface area contributed by atoms with Crippen LogP contribution in [0.1, 0.15) is 180 Å². The van der Waals surface area contributed by atoms with Crippen LogP contribution in [0.5, 0.6) is 0 Å². The van der Waals surface area contributed by atoms with Gasteiger partial charge in [-0.25, -0.2) is 0 Å². The van der Waals surface area contributed by atoms with E-state index < -0.39 is 0 Å². The summed E-state index contributed by atoms with van der Waals surface area (Å²) in [6.07, 6.45) is 19.3. The molecular weight excluding hydrogens is 444 g/mol. The molecule has 0 radical (unpaired) electrons. The van der Waals surface area contributed by atoms with Crippen molar-refractivity contribution in [3.63, 3.8) is 0 Å². The Morgan fingerprint density at radius 3 is 1.62 bits per heavy atom. The fourth-order valence-electron chi connectivity index (χ4n) is 8.80. The van der Waals surface area contributed by atoms with E-state index in [-0.39, 0.29) is 0 Å². The quantitative estimate of drug-likeness (QED) is 0.324. The minimum absolute atomic E-state index is 0.627.